The first-order valence-corrected chi connectivity index (χ1v) is 6.79. The Bertz CT molecular complexity index is 618. The molecular formula is C15H15BrN2O. The topological polar surface area (TPSA) is 42.0 Å². The van der Waals surface area contributed by atoms with Gasteiger partial charge >= 0.3 is 0 Å². The molecule has 1 N–H and O–H groups in total. The number of nitrogens with zero attached hydrogens (tertiary/aromatic N) is 1. The largest absolute Gasteiger partial charge is 0.320 e. The number of rotatable bonds is 2. The maximum Gasteiger partial charge on any atom is 0.256 e. The molecule has 1 aromatic heterocycles. The van der Waals surface area contributed by atoms with Crippen molar-refractivity contribution in [1.82, 2.24) is 4.98 Å². The van der Waals surface area contributed by atoms with Crippen molar-refractivity contribution in [1.29, 1.82) is 0 Å². The van der Waals surface area contributed by atoms with Gasteiger partial charge in [0.1, 0.15) is 4.60 Å². The zero-order valence-corrected chi connectivity index (χ0v) is 12.7. The normalized spacial score (nSPS) is 10.3. The first-order chi connectivity index (χ1) is 8.99. The molecule has 0 aliphatic rings. The van der Waals surface area contributed by atoms with Gasteiger partial charge in [0.25, 0.3) is 5.91 Å². The van der Waals surface area contributed by atoms with Crippen molar-refractivity contribution in [3.05, 3.63) is 57.3 Å². The lowest BCUT2D eigenvalue weighted by molar-refractivity contribution is 0.102. The molecule has 1 aromatic carbocycles. The van der Waals surface area contributed by atoms with Gasteiger partial charge in [-0.05, 0) is 60.0 Å². The van der Waals surface area contributed by atoms with Gasteiger partial charge in [-0.25, -0.2) is 4.98 Å². The molecule has 0 bridgehead atoms. The smallest absolute Gasteiger partial charge is 0.256 e. The molecule has 1 heterocycles. The van der Waals surface area contributed by atoms with Crippen LogP contribution in [0, 0.1) is 20.8 Å². The van der Waals surface area contributed by atoms with Crippen LogP contribution >= 0.6 is 15.9 Å². The minimum absolute atomic E-state index is 0.0946. The third-order valence-corrected chi connectivity index (χ3v) is 3.45. The quantitative estimate of drug-likeness (QED) is 0.850. The standard InChI is InChI=1S/C15H15BrN2O/c1-9-5-4-6-10(2)14(9)15(19)18-12-7-8-13(16)17-11(12)3/h4-8H,1-3H3,(H,18,19). The molecule has 1 amide bonds. The molecule has 0 saturated heterocycles. The van der Waals surface area contributed by atoms with E-state index in [-0.39, 0.29) is 5.91 Å². The van der Waals surface area contributed by atoms with Gasteiger partial charge in [0, 0.05) is 5.56 Å². The highest BCUT2D eigenvalue weighted by Crippen LogP contribution is 2.19. The van der Waals surface area contributed by atoms with E-state index >= 15 is 0 Å². The minimum atomic E-state index is -0.0946. The molecule has 0 aliphatic heterocycles. The van der Waals surface area contributed by atoms with E-state index in [4.69, 9.17) is 0 Å². The van der Waals surface area contributed by atoms with E-state index < -0.39 is 0 Å². The van der Waals surface area contributed by atoms with Crippen LogP contribution in [-0.2, 0) is 0 Å². The van der Waals surface area contributed by atoms with Gasteiger partial charge in [0.15, 0.2) is 0 Å². The summed E-state index contributed by atoms with van der Waals surface area (Å²) in [7, 11) is 0. The highest BCUT2D eigenvalue weighted by Gasteiger charge is 2.13. The van der Waals surface area contributed by atoms with E-state index in [2.05, 4.69) is 26.2 Å². The summed E-state index contributed by atoms with van der Waals surface area (Å²) in [5, 5.41) is 2.91. The molecule has 3 nitrogen and oxygen atoms in total. The van der Waals surface area contributed by atoms with Gasteiger partial charge in [-0.15, -0.1) is 0 Å². The van der Waals surface area contributed by atoms with Crippen molar-refractivity contribution < 1.29 is 4.79 Å². The number of benzene rings is 1. The van der Waals surface area contributed by atoms with Crippen molar-refractivity contribution in [2.75, 3.05) is 5.32 Å². The first-order valence-electron chi connectivity index (χ1n) is 6.00. The van der Waals surface area contributed by atoms with Crippen LogP contribution in [0.25, 0.3) is 0 Å². The predicted octanol–water partition coefficient (Wildman–Crippen LogP) is 4.02. The summed E-state index contributed by atoms with van der Waals surface area (Å²) in [6.45, 7) is 5.74. The molecule has 0 radical (unpaired) electrons. The van der Waals surface area contributed by atoms with Gasteiger partial charge in [-0.1, -0.05) is 18.2 Å². The number of anilines is 1. The van der Waals surface area contributed by atoms with Gasteiger partial charge in [0.05, 0.1) is 11.4 Å². The van der Waals surface area contributed by atoms with E-state index in [0.29, 0.717) is 0 Å². The third-order valence-electron chi connectivity index (χ3n) is 3.01. The number of nitrogens with one attached hydrogen (secondary N) is 1. The summed E-state index contributed by atoms with van der Waals surface area (Å²) < 4.78 is 0.759. The van der Waals surface area contributed by atoms with Gasteiger partial charge < -0.3 is 5.32 Å². The third kappa shape index (κ3) is 3.01. The molecule has 0 spiro atoms. The van der Waals surface area contributed by atoms with Crippen molar-refractivity contribution in [2.24, 2.45) is 0 Å². The van der Waals surface area contributed by atoms with E-state index in [1.54, 1.807) is 0 Å². The summed E-state index contributed by atoms with van der Waals surface area (Å²) in [6, 6.07) is 9.49. The zero-order valence-electron chi connectivity index (χ0n) is 11.1. The number of halogens is 1. The SMILES string of the molecule is Cc1cccc(C)c1C(=O)Nc1ccc(Br)nc1C. The summed E-state index contributed by atoms with van der Waals surface area (Å²) in [4.78, 5) is 16.6. The lowest BCUT2D eigenvalue weighted by atomic mass is 10.0. The Hall–Kier alpha value is -1.68. The summed E-state index contributed by atoms with van der Waals surface area (Å²) in [6.07, 6.45) is 0. The number of aryl methyl sites for hydroxylation is 3. The van der Waals surface area contributed by atoms with E-state index in [9.17, 15) is 4.79 Å². The number of amides is 1. The Morgan fingerprint density at radius 3 is 2.32 bits per heavy atom. The average Bonchev–Trinajstić information content (AvgIpc) is 2.32. The predicted molar refractivity (Wildman–Crippen MR) is 80.5 cm³/mol. The Kier molecular flexibility index (Phi) is 4.00. The Balaban J connectivity index is 2.31. The molecule has 19 heavy (non-hydrogen) atoms. The summed E-state index contributed by atoms with van der Waals surface area (Å²) >= 11 is 3.31. The molecule has 2 rings (SSSR count). The summed E-state index contributed by atoms with van der Waals surface area (Å²) in [5.74, 6) is -0.0946. The van der Waals surface area contributed by atoms with E-state index in [1.807, 2.05) is 51.1 Å². The molecule has 0 unspecified atom stereocenters. The van der Waals surface area contributed by atoms with Crippen LogP contribution in [-0.4, -0.2) is 10.9 Å². The molecule has 98 valence electrons. The van der Waals surface area contributed by atoms with Gasteiger partial charge in [-0.3, -0.25) is 4.79 Å². The number of aromatic nitrogens is 1. The molecule has 0 aliphatic carbocycles. The molecule has 4 heteroatoms. The highest BCUT2D eigenvalue weighted by atomic mass is 79.9. The van der Waals surface area contributed by atoms with Gasteiger partial charge in [0.2, 0.25) is 0 Å². The first kappa shape index (κ1) is 13.7. The van der Waals surface area contributed by atoms with Crippen molar-refractivity contribution in [3.8, 4) is 0 Å². The second-order valence-electron chi connectivity index (χ2n) is 4.49. The van der Waals surface area contributed by atoms with Gasteiger partial charge in [-0.2, -0.15) is 0 Å². The Morgan fingerprint density at radius 2 is 1.74 bits per heavy atom. The van der Waals surface area contributed by atoms with Crippen molar-refractivity contribution in [3.63, 3.8) is 0 Å². The second-order valence-corrected chi connectivity index (χ2v) is 5.30. The maximum atomic E-state index is 12.3. The molecule has 0 fully saturated rings. The molecule has 0 atom stereocenters. The minimum Gasteiger partial charge on any atom is -0.320 e. The number of carbonyl (C=O) groups excluding carboxylic acids is 1. The fourth-order valence-corrected chi connectivity index (χ4v) is 2.42. The Labute approximate surface area is 121 Å². The van der Waals surface area contributed by atoms with E-state index in [1.165, 1.54) is 0 Å². The van der Waals surface area contributed by atoms with Crippen LogP contribution in [0.15, 0.2) is 34.9 Å². The lowest BCUT2D eigenvalue weighted by Gasteiger charge is -2.11. The van der Waals surface area contributed by atoms with Crippen molar-refractivity contribution >= 4 is 27.5 Å². The molecule has 2 aromatic rings. The molecular weight excluding hydrogens is 304 g/mol. The maximum absolute atomic E-state index is 12.3. The van der Waals surface area contributed by atoms with Crippen LogP contribution in [0.5, 0.6) is 0 Å². The van der Waals surface area contributed by atoms with Crippen LogP contribution < -0.4 is 5.32 Å². The second kappa shape index (κ2) is 5.53. The summed E-state index contributed by atoms with van der Waals surface area (Å²) in [5.41, 5.74) is 4.19. The average molecular weight is 319 g/mol. The molecule has 0 saturated carbocycles. The number of hydrogen-bond donors (Lipinski definition) is 1. The monoisotopic (exact) mass is 318 g/mol. The number of hydrogen-bond acceptors (Lipinski definition) is 2. The fraction of sp³-hybridized carbons (Fsp3) is 0.200. The number of carbonyl (C=O) groups is 1. The van der Waals surface area contributed by atoms with Crippen LogP contribution in [0.3, 0.4) is 0 Å². The van der Waals surface area contributed by atoms with Crippen LogP contribution in [0.2, 0.25) is 0 Å². The van der Waals surface area contributed by atoms with Crippen LogP contribution in [0.4, 0.5) is 5.69 Å². The Morgan fingerprint density at radius 1 is 1.11 bits per heavy atom. The lowest BCUT2D eigenvalue weighted by Crippen LogP contribution is -2.16. The van der Waals surface area contributed by atoms with E-state index in [0.717, 1.165) is 32.7 Å². The van der Waals surface area contributed by atoms with Crippen molar-refractivity contribution in [2.45, 2.75) is 20.8 Å². The zero-order chi connectivity index (χ0) is 14.0. The van der Waals surface area contributed by atoms with Crippen LogP contribution in [0.1, 0.15) is 27.2 Å². The highest BCUT2D eigenvalue weighted by molar-refractivity contribution is 9.10. The fourth-order valence-electron chi connectivity index (χ4n) is 2.02. The number of pyridine rings is 1.